The van der Waals surface area contributed by atoms with Gasteiger partial charge in [-0.15, -0.1) is 0 Å². The lowest BCUT2D eigenvalue weighted by atomic mass is 10.3. The Morgan fingerprint density at radius 1 is 1.38 bits per heavy atom. The number of allylic oxidation sites excluding steroid dienone is 1. The number of benzene rings is 1. The van der Waals surface area contributed by atoms with E-state index < -0.39 is 0 Å². The van der Waals surface area contributed by atoms with E-state index in [1.807, 2.05) is 0 Å². The summed E-state index contributed by atoms with van der Waals surface area (Å²) in [6, 6.07) is 7.00. The van der Waals surface area contributed by atoms with E-state index in [9.17, 15) is 4.79 Å². The van der Waals surface area contributed by atoms with Crippen molar-refractivity contribution in [2.24, 2.45) is 0 Å². The average molecular weight is 176 g/mol. The van der Waals surface area contributed by atoms with Gasteiger partial charge in [0, 0.05) is 11.4 Å². The number of carbonyl (C=O) groups excluding carboxylic acids is 1. The maximum atomic E-state index is 11.1. The molecular weight excluding hydrogens is 164 g/mol. The van der Waals surface area contributed by atoms with E-state index in [0.29, 0.717) is 5.69 Å². The van der Waals surface area contributed by atoms with E-state index in [0.717, 1.165) is 5.69 Å². The molecule has 0 bridgehead atoms. The molecule has 0 heterocycles. The van der Waals surface area contributed by atoms with Gasteiger partial charge in [-0.1, -0.05) is 6.08 Å². The van der Waals surface area contributed by atoms with Crippen molar-refractivity contribution in [1.29, 1.82) is 0 Å². The number of amides is 1. The number of rotatable bonds is 2. The molecule has 0 saturated carbocycles. The first-order valence-electron chi connectivity index (χ1n) is 4.01. The molecule has 0 aliphatic rings. The summed E-state index contributed by atoms with van der Waals surface area (Å²) in [4.78, 5) is 11.1. The van der Waals surface area contributed by atoms with Crippen LogP contribution in [0, 0.1) is 0 Å². The van der Waals surface area contributed by atoms with E-state index in [1.165, 1.54) is 6.08 Å². The molecule has 3 nitrogen and oxygen atoms in total. The van der Waals surface area contributed by atoms with Gasteiger partial charge in [0.25, 0.3) is 0 Å². The Hall–Kier alpha value is -1.77. The second-order valence-electron chi connectivity index (χ2n) is 2.61. The van der Waals surface area contributed by atoms with Crippen LogP contribution in [0.15, 0.2) is 36.4 Å². The first kappa shape index (κ1) is 9.32. The van der Waals surface area contributed by atoms with Crippen LogP contribution in [0.2, 0.25) is 0 Å². The van der Waals surface area contributed by atoms with Crippen LogP contribution in [0.3, 0.4) is 0 Å². The van der Waals surface area contributed by atoms with Gasteiger partial charge < -0.3 is 11.1 Å². The van der Waals surface area contributed by atoms with Gasteiger partial charge in [0.1, 0.15) is 0 Å². The molecule has 0 radical (unpaired) electrons. The molecule has 0 atom stereocenters. The fourth-order valence-corrected chi connectivity index (χ4v) is 0.902. The highest BCUT2D eigenvalue weighted by Crippen LogP contribution is 2.09. The maximum Gasteiger partial charge on any atom is 0.248 e. The highest BCUT2D eigenvalue weighted by atomic mass is 16.1. The van der Waals surface area contributed by atoms with Crippen molar-refractivity contribution in [2.45, 2.75) is 6.92 Å². The predicted molar refractivity (Wildman–Crippen MR) is 54.3 cm³/mol. The van der Waals surface area contributed by atoms with E-state index in [4.69, 9.17) is 5.73 Å². The molecule has 0 fully saturated rings. The lowest BCUT2D eigenvalue weighted by Crippen LogP contribution is -2.07. The second kappa shape index (κ2) is 4.30. The molecule has 0 spiro atoms. The number of carbonyl (C=O) groups is 1. The fraction of sp³-hybridized carbons (Fsp3) is 0.100. The Kier molecular flexibility index (Phi) is 3.09. The second-order valence-corrected chi connectivity index (χ2v) is 2.61. The molecular formula is C10H12N2O. The highest BCUT2D eigenvalue weighted by Gasteiger charge is 1.95. The Balaban J connectivity index is 2.64. The lowest BCUT2D eigenvalue weighted by Gasteiger charge is -2.01. The maximum absolute atomic E-state index is 11.1. The van der Waals surface area contributed by atoms with E-state index in [-0.39, 0.29) is 5.91 Å². The normalized spacial score (nSPS) is 10.2. The van der Waals surface area contributed by atoms with Crippen LogP contribution in [0.4, 0.5) is 11.4 Å². The lowest BCUT2D eigenvalue weighted by molar-refractivity contribution is -0.111. The molecule has 1 aromatic carbocycles. The topological polar surface area (TPSA) is 55.1 Å². The molecule has 1 amide bonds. The Morgan fingerprint density at radius 3 is 2.54 bits per heavy atom. The van der Waals surface area contributed by atoms with Gasteiger partial charge in [-0.05, 0) is 37.3 Å². The molecule has 3 N–H and O–H groups in total. The fourth-order valence-electron chi connectivity index (χ4n) is 0.902. The van der Waals surface area contributed by atoms with Gasteiger partial charge in [-0.2, -0.15) is 0 Å². The zero-order valence-electron chi connectivity index (χ0n) is 7.45. The summed E-state index contributed by atoms with van der Waals surface area (Å²) in [6.45, 7) is 1.79. The first-order valence-corrected chi connectivity index (χ1v) is 4.01. The smallest absolute Gasteiger partial charge is 0.248 e. The van der Waals surface area contributed by atoms with Gasteiger partial charge >= 0.3 is 0 Å². The minimum atomic E-state index is -0.132. The third-order valence-corrected chi connectivity index (χ3v) is 1.50. The van der Waals surface area contributed by atoms with E-state index in [2.05, 4.69) is 5.32 Å². The van der Waals surface area contributed by atoms with Crippen molar-refractivity contribution in [3.63, 3.8) is 0 Å². The summed E-state index contributed by atoms with van der Waals surface area (Å²) in [6.07, 6.45) is 3.16. The Morgan fingerprint density at radius 2 is 2.00 bits per heavy atom. The molecule has 1 aromatic rings. The van der Waals surface area contributed by atoms with Crippen molar-refractivity contribution in [2.75, 3.05) is 11.1 Å². The molecule has 3 heteroatoms. The molecule has 0 aromatic heterocycles. The molecule has 0 unspecified atom stereocenters. The number of hydrogen-bond acceptors (Lipinski definition) is 2. The van der Waals surface area contributed by atoms with Crippen molar-refractivity contribution in [3.8, 4) is 0 Å². The van der Waals surface area contributed by atoms with Crippen LogP contribution in [0.5, 0.6) is 0 Å². The molecule has 0 aliphatic heterocycles. The third kappa shape index (κ3) is 2.99. The van der Waals surface area contributed by atoms with Crippen LogP contribution in [-0.4, -0.2) is 5.91 Å². The van der Waals surface area contributed by atoms with Gasteiger partial charge in [0.05, 0.1) is 0 Å². The number of anilines is 2. The van der Waals surface area contributed by atoms with Crippen molar-refractivity contribution in [1.82, 2.24) is 0 Å². The highest BCUT2D eigenvalue weighted by molar-refractivity contribution is 5.99. The van der Waals surface area contributed by atoms with Gasteiger partial charge in [0.15, 0.2) is 0 Å². The SMILES string of the molecule is C/C=C\C(=O)Nc1ccc(N)cc1. The molecule has 0 saturated heterocycles. The van der Waals surface area contributed by atoms with Crippen LogP contribution >= 0.6 is 0 Å². The van der Waals surface area contributed by atoms with Crippen LogP contribution in [-0.2, 0) is 4.79 Å². The van der Waals surface area contributed by atoms with E-state index >= 15 is 0 Å². The summed E-state index contributed by atoms with van der Waals surface area (Å²) in [5.41, 5.74) is 6.92. The van der Waals surface area contributed by atoms with Gasteiger partial charge in [0.2, 0.25) is 5.91 Å². The van der Waals surface area contributed by atoms with Gasteiger partial charge in [-0.25, -0.2) is 0 Å². The summed E-state index contributed by atoms with van der Waals surface area (Å²) in [5, 5.41) is 2.69. The van der Waals surface area contributed by atoms with E-state index in [1.54, 1.807) is 37.3 Å². The largest absolute Gasteiger partial charge is 0.399 e. The summed E-state index contributed by atoms with van der Waals surface area (Å²) >= 11 is 0. The number of hydrogen-bond donors (Lipinski definition) is 2. The first-order chi connectivity index (χ1) is 6.22. The summed E-state index contributed by atoms with van der Waals surface area (Å²) in [7, 11) is 0. The van der Waals surface area contributed by atoms with Crippen LogP contribution in [0.25, 0.3) is 0 Å². The third-order valence-electron chi connectivity index (χ3n) is 1.50. The average Bonchev–Trinajstić information content (AvgIpc) is 2.09. The van der Waals surface area contributed by atoms with Crippen molar-refractivity contribution < 1.29 is 4.79 Å². The summed E-state index contributed by atoms with van der Waals surface area (Å²) < 4.78 is 0. The minimum absolute atomic E-state index is 0.132. The summed E-state index contributed by atoms with van der Waals surface area (Å²) in [5.74, 6) is -0.132. The molecule has 68 valence electrons. The number of nitrogens with one attached hydrogen (secondary N) is 1. The zero-order chi connectivity index (χ0) is 9.68. The quantitative estimate of drug-likeness (QED) is 0.533. The zero-order valence-corrected chi connectivity index (χ0v) is 7.45. The van der Waals surface area contributed by atoms with Gasteiger partial charge in [-0.3, -0.25) is 4.79 Å². The van der Waals surface area contributed by atoms with Crippen molar-refractivity contribution in [3.05, 3.63) is 36.4 Å². The van der Waals surface area contributed by atoms with Crippen LogP contribution < -0.4 is 11.1 Å². The predicted octanol–water partition coefficient (Wildman–Crippen LogP) is 1.78. The molecule has 1 rings (SSSR count). The minimum Gasteiger partial charge on any atom is -0.399 e. The van der Waals surface area contributed by atoms with Crippen molar-refractivity contribution >= 4 is 17.3 Å². The number of nitrogen functional groups attached to an aromatic ring is 1. The molecule has 0 aliphatic carbocycles. The monoisotopic (exact) mass is 176 g/mol. The Labute approximate surface area is 77.3 Å². The number of nitrogens with two attached hydrogens (primary N) is 1. The van der Waals surface area contributed by atoms with Crippen LogP contribution in [0.1, 0.15) is 6.92 Å². The molecule has 13 heavy (non-hydrogen) atoms. The Bertz CT molecular complexity index is 314. The standard InChI is InChI=1S/C10H12N2O/c1-2-3-10(13)12-9-6-4-8(11)5-7-9/h2-7H,11H2,1H3,(H,12,13)/b3-2-.